The lowest BCUT2D eigenvalue weighted by Gasteiger charge is -2.11. The highest BCUT2D eigenvalue weighted by Gasteiger charge is 2.18. The molecule has 4 rings (SSSR count). The van der Waals surface area contributed by atoms with E-state index in [1.54, 1.807) is 0 Å². The zero-order valence-corrected chi connectivity index (χ0v) is 13.7. The molecule has 0 bridgehead atoms. The average Bonchev–Trinajstić information content (AvgIpc) is 3.14. The minimum atomic E-state index is 0. The summed E-state index contributed by atoms with van der Waals surface area (Å²) < 4.78 is 2.04. The molecular weight excluding hydrogens is 282 g/mol. The number of para-hydroxylation sites is 1. The second-order valence-corrected chi connectivity index (χ2v) is 6.45. The molecule has 0 unspecified atom stereocenters. The van der Waals surface area contributed by atoms with Gasteiger partial charge in [0.05, 0.1) is 23.3 Å². The maximum absolute atomic E-state index is 4.77. The van der Waals surface area contributed by atoms with Gasteiger partial charge in [0.25, 0.3) is 0 Å². The van der Waals surface area contributed by atoms with E-state index in [-0.39, 0.29) is 2.85 Å². The van der Waals surface area contributed by atoms with Gasteiger partial charge in [0.1, 0.15) is 0 Å². The van der Waals surface area contributed by atoms with Crippen molar-refractivity contribution in [3.63, 3.8) is 0 Å². The minimum absolute atomic E-state index is 0. The molecule has 120 valence electrons. The predicted octanol–water partition coefficient (Wildman–Crippen LogP) is 5.41. The third-order valence-corrected chi connectivity index (χ3v) is 4.73. The highest BCUT2D eigenvalue weighted by Crippen LogP contribution is 2.30. The Morgan fingerprint density at radius 1 is 1.17 bits per heavy atom. The van der Waals surface area contributed by atoms with Gasteiger partial charge < -0.3 is 0 Å². The van der Waals surface area contributed by atoms with Crippen LogP contribution < -0.4 is 0 Å². The fraction of sp³-hybridized carbons (Fsp3) is 0.300. The Bertz CT molecular complexity index is 859. The second-order valence-electron chi connectivity index (χ2n) is 6.45. The lowest BCUT2D eigenvalue weighted by atomic mass is 10.1. The van der Waals surface area contributed by atoms with Gasteiger partial charge in [-0.15, -0.1) is 0 Å². The molecule has 3 nitrogen and oxygen atoms in total. The van der Waals surface area contributed by atoms with Gasteiger partial charge in [-0.2, -0.15) is 5.10 Å². The lowest BCUT2D eigenvalue weighted by molar-refractivity contribution is 0.829. The molecule has 0 fully saturated rings. The molecule has 2 heterocycles. The number of aliphatic imine (C=N–C) groups is 1. The van der Waals surface area contributed by atoms with Crippen LogP contribution in [0.1, 0.15) is 47.1 Å². The monoisotopic (exact) mass is 307 g/mol. The van der Waals surface area contributed by atoms with Crippen molar-refractivity contribution in [1.29, 1.82) is 0 Å². The van der Waals surface area contributed by atoms with Crippen LogP contribution in [0.4, 0.5) is 5.69 Å². The first-order chi connectivity index (χ1) is 11.2. The Morgan fingerprint density at radius 3 is 2.91 bits per heavy atom. The van der Waals surface area contributed by atoms with Crippen molar-refractivity contribution < 1.29 is 2.85 Å². The quantitative estimate of drug-likeness (QED) is 0.729. The predicted molar refractivity (Wildman–Crippen MR) is 99.3 cm³/mol. The van der Waals surface area contributed by atoms with Crippen LogP contribution in [0.3, 0.4) is 0 Å². The summed E-state index contributed by atoms with van der Waals surface area (Å²) in [6.07, 6.45) is 10.8. The van der Waals surface area contributed by atoms with E-state index in [0.29, 0.717) is 0 Å². The van der Waals surface area contributed by atoms with Crippen molar-refractivity contribution in [2.24, 2.45) is 4.99 Å². The third-order valence-electron chi connectivity index (χ3n) is 4.73. The van der Waals surface area contributed by atoms with Gasteiger partial charge in [-0.05, 0) is 55.9 Å². The van der Waals surface area contributed by atoms with Gasteiger partial charge in [0.2, 0.25) is 0 Å². The fourth-order valence-corrected chi connectivity index (χ4v) is 3.51. The van der Waals surface area contributed by atoms with Crippen molar-refractivity contribution in [2.75, 3.05) is 0 Å². The molecule has 1 aromatic heterocycles. The summed E-state index contributed by atoms with van der Waals surface area (Å²) in [5.74, 6) is 0. The van der Waals surface area contributed by atoms with E-state index in [2.05, 4.69) is 49.4 Å². The number of allylic oxidation sites excluding steroid dienone is 4. The first kappa shape index (κ1) is 14.2. The van der Waals surface area contributed by atoms with E-state index < -0.39 is 0 Å². The number of hydrogen-bond acceptors (Lipinski definition) is 2. The second kappa shape index (κ2) is 5.65. The normalized spacial score (nSPS) is 17.7. The number of benzene rings is 1. The summed E-state index contributed by atoms with van der Waals surface area (Å²) >= 11 is 0. The molecule has 0 amide bonds. The molecule has 1 aliphatic heterocycles. The Kier molecular flexibility index (Phi) is 3.49. The zero-order valence-electron chi connectivity index (χ0n) is 13.7. The Morgan fingerprint density at radius 2 is 2.04 bits per heavy atom. The number of hydrogen-bond donors (Lipinski definition) is 0. The first-order valence-electron chi connectivity index (χ1n) is 8.30. The van der Waals surface area contributed by atoms with Crippen molar-refractivity contribution in [3.05, 3.63) is 65.0 Å². The fourth-order valence-electron chi connectivity index (χ4n) is 3.51. The molecule has 0 N–H and O–H groups in total. The van der Waals surface area contributed by atoms with E-state index >= 15 is 0 Å². The molecule has 1 aliphatic carbocycles. The van der Waals surface area contributed by atoms with Crippen LogP contribution in [0.5, 0.6) is 0 Å². The third kappa shape index (κ3) is 2.56. The summed E-state index contributed by atoms with van der Waals surface area (Å²) in [5.41, 5.74) is 8.63. The van der Waals surface area contributed by atoms with Crippen molar-refractivity contribution in [1.82, 2.24) is 9.78 Å². The molecule has 0 spiro atoms. The Labute approximate surface area is 140 Å². The van der Waals surface area contributed by atoms with Gasteiger partial charge in [0.15, 0.2) is 0 Å². The van der Waals surface area contributed by atoms with Crippen LogP contribution in [0, 0.1) is 0 Å². The largest absolute Gasteiger partial charge is 0.252 e. The topological polar surface area (TPSA) is 30.2 Å². The molecule has 0 saturated carbocycles. The van der Waals surface area contributed by atoms with E-state index in [1.807, 2.05) is 16.9 Å². The number of fused-ring (bicyclic) bond motifs is 1. The number of rotatable bonds is 2. The molecule has 0 saturated heterocycles. The number of aromatic nitrogens is 2. The van der Waals surface area contributed by atoms with Crippen LogP contribution >= 0.6 is 0 Å². The van der Waals surface area contributed by atoms with Crippen molar-refractivity contribution in [3.8, 4) is 0 Å². The minimum Gasteiger partial charge on any atom is -0.252 e. The van der Waals surface area contributed by atoms with Crippen molar-refractivity contribution in [2.45, 2.75) is 39.5 Å². The van der Waals surface area contributed by atoms with Gasteiger partial charge >= 0.3 is 0 Å². The SMILES string of the molecule is CC1=CCCCC(C)=C1n1cc(C2=Nc3ccccc3C2)cn1.[HH].[HH]. The Hall–Kier alpha value is -2.42. The van der Waals surface area contributed by atoms with Gasteiger partial charge in [-0.1, -0.05) is 24.3 Å². The molecule has 2 aliphatic rings. The van der Waals surface area contributed by atoms with E-state index in [9.17, 15) is 0 Å². The molecule has 0 atom stereocenters. The van der Waals surface area contributed by atoms with Gasteiger partial charge in [-0.25, -0.2) is 4.68 Å². The van der Waals surface area contributed by atoms with Crippen LogP contribution in [0.2, 0.25) is 0 Å². The first-order valence-corrected chi connectivity index (χ1v) is 8.30. The van der Waals surface area contributed by atoms with Crippen LogP contribution in [-0.2, 0) is 6.42 Å². The standard InChI is InChI=1S/C20H21N3.2H2/c1-14-7-3-4-8-15(2)20(14)23-13-17(12-21-23)19-11-16-9-5-6-10-18(16)22-19;;/h5-7,9-10,12-13H,3-4,8,11H2,1-2H3;2*1H. The summed E-state index contributed by atoms with van der Waals surface area (Å²) in [5, 5.41) is 4.63. The summed E-state index contributed by atoms with van der Waals surface area (Å²) in [4.78, 5) is 4.77. The van der Waals surface area contributed by atoms with Crippen LogP contribution in [0.25, 0.3) is 5.70 Å². The van der Waals surface area contributed by atoms with Gasteiger partial charge in [0, 0.05) is 21.0 Å². The van der Waals surface area contributed by atoms with Crippen LogP contribution in [0.15, 0.2) is 58.9 Å². The van der Waals surface area contributed by atoms with Gasteiger partial charge in [-0.3, -0.25) is 4.99 Å². The summed E-state index contributed by atoms with van der Waals surface area (Å²) in [6.45, 7) is 4.41. The molecular formula is C20H25N3. The molecule has 0 radical (unpaired) electrons. The smallest absolute Gasteiger partial charge is 0.0669 e. The molecule has 3 heteroatoms. The van der Waals surface area contributed by atoms with Crippen LogP contribution in [-0.4, -0.2) is 15.5 Å². The molecule has 1 aromatic carbocycles. The highest BCUT2D eigenvalue weighted by atomic mass is 15.3. The van der Waals surface area contributed by atoms with E-state index in [4.69, 9.17) is 4.99 Å². The molecule has 2 aromatic rings. The van der Waals surface area contributed by atoms with E-state index in [1.165, 1.54) is 28.8 Å². The van der Waals surface area contributed by atoms with E-state index in [0.717, 1.165) is 36.2 Å². The molecule has 23 heavy (non-hydrogen) atoms. The lowest BCUT2D eigenvalue weighted by Crippen LogP contribution is -2.02. The zero-order chi connectivity index (χ0) is 15.8. The maximum atomic E-state index is 4.77. The number of nitrogens with zero attached hydrogens (tertiary/aromatic N) is 3. The van der Waals surface area contributed by atoms with Crippen molar-refractivity contribution >= 4 is 17.1 Å². The summed E-state index contributed by atoms with van der Waals surface area (Å²) in [6, 6.07) is 8.36. The highest BCUT2D eigenvalue weighted by molar-refractivity contribution is 6.06. The average molecular weight is 307 g/mol. The Balaban J connectivity index is 0.00000113. The summed E-state index contributed by atoms with van der Waals surface area (Å²) in [7, 11) is 0. The maximum Gasteiger partial charge on any atom is 0.0669 e.